The minimum Gasteiger partial charge on any atom is -0.242 e. The van der Waals surface area contributed by atoms with Gasteiger partial charge in [-0.2, -0.15) is 0 Å². The Hall–Kier alpha value is -1.38. The Kier molecular flexibility index (Phi) is 1.79. The molecular weight excluding hydrogens is 162 g/mol. The number of hydrogen-bond donors (Lipinski definition) is 0. The molecule has 0 atom stereocenters. The van der Waals surface area contributed by atoms with E-state index in [0.717, 1.165) is 11.0 Å². The van der Waals surface area contributed by atoms with E-state index in [2.05, 4.69) is 37.1 Å². The molecule has 0 amide bonds. The Labute approximate surface area is 77.4 Å². The van der Waals surface area contributed by atoms with Crippen molar-refractivity contribution < 1.29 is 0 Å². The van der Waals surface area contributed by atoms with Gasteiger partial charge in [0.05, 0.1) is 5.52 Å². The van der Waals surface area contributed by atoms with Crippen molar-refractivity contribution in [3.05, 3.63) is 23.8 Å². The second-order valence-corrected chi connectivity index (χ2v) is 3.57. The van der Waals surface area contributed by atoms with Crippen LogP contribution in [0.25, 0.3) is 11.0 Å². The van der Waals surface area contributed by atoms with E-state index in [4.69, 9.17) is 0 Å². The zero-order valence-electron chi connectivity index (χ0n) is 8.15. The molecule has 0 fully saturated rings. The van der Waals surface area contributed by atoms with Crippen LogP contribution < -0.4 is 0 Å². The van der Waals surface area contributed by atoms with Gasteiger partial charge in [-0.05, 0) is 32.4 Å². The summed E-state index contributed by atoms with van der Waals surface area (Å²) < 4.78 is 1.96. The molecule has 0 bridgehead atoms. The number of benzene rings is 1. The van der Waals surface area contributed by atoms with Gasteiger partial charge in [-0.15, -0.1) is 5.10 Å². The van der Waals surface area contributed by atoms with Crippen LogP contribution in [-0.4, -0.2) is 15.0 Å². The quantitative estimate of drug-likeness (QED) is 0.666. The summed E-state index contributed by atoms with van der Waals surface area (Å²) in [6.45, 7) is 6.31. The molecule has 1 heterocycles. The third kappa shape index (κ3) is 1.20. The van der Waals surface area contributed by atoms with Crippen molar-refractivity contribution in [2.75, 3.05) is 0 Å². The van der Waals surface area contributed by atoms with Gasteiger partial charge in [-0.1, -0.05) is 17.3 Å². The highest BCUT2D eigenvalue weighted by Gasteiger charge is 2.08. The standard InChI is InChI=1S/C10H13N3/c1-7(2)13-10-8(3)5-4-6-9(10)11-12-13/h4-7H,1-3H3. The topological polar surface area (TPSA) is 30.7 Å². The fourth-order valence-corrected chi connectivity index (χ4v) is 1.52. The highest BCUT2D eigenvalue weighted by Crippen LogP contribution is 2.18. The number of aromatic nitrogens is 3. The van der Waals surface area contributed by atoms with Crippen molar-refractivity contribution in [2.45, 2.75) is 26.8 Å². The van der Waals surface area contributed by atoms with Crippen LogP contribution >= 0.6 is 0 Å². The van der Waals surface area contributed by atoms with Crippen molar-refractivity contribution in [3.63, 3.8) is 0 Å². The molecule has 68 valence electrons. The van der Waals surface area contributed by atoms with E-state index in [-0.39, 0.29) is 0 Å². The summed E-state index contributed by atoms with van der Waals surface area (Å²) in [6, 6.07) is 6.46. The van der Waals surface area contributed by atoms with Gasteiger partial charge in [0.1, 0.15) is 5.52 Å². The Bertz CT molecular complexity index is 429. The minimum atomic E-state index is 0.367. The van der Waals surface area contributed by atoms with Crippen LogP contribution in [0.5, 0.6) is 0 Å². The van der Waals surface area contributed by atoms with Crippen LogP contribution in [0.15, 0.2) is 18.2 Å². The van der Waals surface area contributed by atoms with Gasteiger partial charge >= 0.3 is 0 Å². The molecule has 1 aromatic heterocycles. The Morgan fingerprint density at radius 1 is 1.31 bits per heavy atom. The molecule has 0 aliphatic heterocycles. The van der Waals surface area contributed by atoms with Gasteiger partial charge in [0.2, 0.25) is 0 Å². The van der Waals surface area contributed by atoms with Gasteiger partial charge in [0, 0.05) is 6.04 Å². The summed E-state index contributed by atoms with van der Waals surface area (Å²) >= 11 is 0. The largest absolute Gasteiger partial charge is 0.242 e. The minimum absolute atomic E-state index is 0.367. The first-order valence-corrected chi connectivity index (χ1v) is 4.50. The monoisotopic (exact) mass is 175 g/mol. The third-order valence-electron chi connectivity index (χ3n) is 2.18. The maximum absolute atomic E-state index is 4.12. The van der Waals surface area contributed by atoms with Crippen LogP contribution in [0.4, 0.5) is 0 Å². The number of aryl methyl sites for hydroxylation is 1. The van der Waals surface area contributed by atoms with E-state index in [1.807, 2.05) is 16.8 Å². The van der Waals surface area contributed by atoms with E-state index in [9.17, 15) is 0 Å². The first-order chi connectivity index (χ1) is 6.20. The summed E-state index contributed by atoms with van der Waals surface area (Å²) in [5.74, 6) is 0. The number of fused-ring (bicyclic) bond motifs is 1. The van der Waals surface area contributed by atoms with Crippen molar-refractivity contribution >= 4 is 11.0 Å². The van der Waals surface area contributed by atoms with Crippen molar-refractivity contribution in [2.24, 2.45) is 0 Å². The highest BCUT2D eigenvalue weighted by atomic mass is 15.4. The molecule has 2 rings (SSSR count). The lowest BCUT2D eigenvalue weighted by atomic mass is 10.2. The average molecular weight is 175 g/mol. The molecule has 0 N–H and O–H groups in total. The molecule has 13 heavy (non-hydrogen) atoms. The summed E-state index contributed by atoms with van der Waals surface area (Å²) in [7, 11) is 0. The Morgan fingerprint density at radius 2 is 2.08 bits per heavy atom. The molecule has 3 heteroatoms. The first-order valence-electron chi connectivity index (χ1n) is 4.50. The molecule has 0 unspecified atom stereocenters. The van der Waals surface area contributed by atoms with Crippen LogP contribution in [0, 0.1) is 6.92 Å². The van der Waals surface area contributed by atoms with Crippen molar-refractivity contribution in [1.29, 1.82) is 0 Å². The molecule has 0 saturated heterocycles. The highest BCUT2D eigenvalue weighted by molar-refractivity contribution is 5.77. The van der Waals surface area contributed by atoms with Crippen LogP contribution in [0.3, 0.4) is 0 Å². The molecule has 3 nitrogen and oxygen atoms in total. The fraction of sp³-hybridized carbons (Fsp3) is 0.400. The lowest BCUT2D eigenvalue weighted by Gasteiger charge is -2.06. The van der Waals surface area contributed by atoms with Crippen LogP contribution in [0.2, 0.25) is 0 Å². The van der Waals surface area contributed by atoms with E-state index < -0.39 is 0 Å². The number of nitrogens with zero attached hydrogens (tertiary/aromatic N) is 3. The third-order valence-corrected chi connectivity index (χ3v) is 2.18. The van der Waals surface area contributed by atoms with Crippen LogP contribution in [-0.2, 0) is 0 Å². The zero-order valence-corrected chi connectivity index (χ0v) is 8.15. The summed E-state index contributed by atoms with van der Waals surface area (Å²) in [5, 5.41) is 8.24. The Morgan fingerprint density at radius 3 is 2.77 bits per heavy atom. The maximum atomic E-state index is 4.12. The average Bonchev–Trinajstić information content (AvgIpc) is 2.49. The maximum Gasteiger partial charge on any atom is 0.113 e. The summed E-state index contributed by atoms with van der Waals surface area (Å²) in [6.07, 6.45) is 0. The van der Waals surface area contributed by atoms with Gasteiger partial charge < -0.3 is 0 Å². The molecule has 0 radical (unpaired) electrons. The van der Waals surface area contributed by atoms with Gasteiger partial charge in [0.25, 0.3) is 0 Å². The normalized spacial score (nSPS) is 11.4. The molecule has 2 aromatic rings. The predicted molar refractivity (Wildman–Crippen MR) is 52.7 cm³/mol. The van der Waals surface area contributed by atoms with E-state index in [0.29, 0.717) is 6.04 Å². The predicted octanol–water partition coefficient (Wildman–Crippen LogP) is 2.32. The van der Waals surface area contributed by atoms with Crippen LogP contribution in [0.1, 0.15) is 25.5 Å². The molecule has 0 spiro atoms. The fourth-order valence-electron chi connectivity index (χ4n) is 1.52. The number of hydrogen-bond acceptors (Lipinski definition) is 2. The second-order valence-electron chi connectivity index (χ2n) is 3.57. The van der Waals surface area contributed by atoms with E-state index in [1.165, 1.54) is 5.56 Å². The van der Waals surface area contributed by atoms with Crippen molar-refractivity contribution in [1.82, 2.24) is 15.0 Å². The lowest BCUT2D eigenvalue weighted by molar-refractivity contribution is 0.529. The van der Waals surface area contributed by atoms with E-state index >= 15 is 0 Å². The smallest absolute Gasteiger partial charge is 0.113 e. The molecule has 1 aromatic carbocycles. The van der Waals surface area contributed by atoms with Gasteiger partial charge in [-0.25, -0.2) is 4.68 Å². The lowest BCUT2D eigenvalue weighted by Crippen LogP contribution is -2.03. The number of para-hydroxylation sites is 1. The zero-order chi connectivity index (χ0) is 9.42. The van der Waals surface area contributed by atoms with Gasteiger partial charge in [-0.3, -0.25) is 0 Å². The summed E-state index contributed by atoms with van der Waals surface area (Å²) in [4.78, 5) is 0. The molecule has 0 aliphatic carbocycles. The van der Waals surface area contributed by atoms with Gasteiger partial charge in [0.15, 0.2) is 0 Å². The number of rotatable bonds is 1. The summed E-state index contributed by atoms with van der Waals surface area (Å²) in [5.41, 5.74) is 3.36. The molecule has 0 aliphatic rings. The second kappa shape index (κ2) is 2.83. The first kappa shape index (κ1) is 8.23. The molecular formula is C10H13N3. The molecule has 0 saturated carbocycles. The van der Waals surface area contributed by atoms with Crippen molar-refractivity contribution in [3.8, 4) is 0 Å². The SMILES string of the molecule is Cc1cccc2nnn(C(C)C)c12. The Balaban J connectivity index is 2.79. The van der Waals surface area contributed by atoms with E-state index in [1.54, 1.807) is 0 Å².